The molecule has 5 nitrogen and oxygen atoms in total. The lowest BCUT2D eigenvalue weighted by Crippen LogP contribution is -2.20. The van der Waals surface area contributed by atoms with Crippen molar-refractivity contribution in [2.24, 2.45) is 0 Å². The average molecular weight is 215 g/mol. The third kappa shape index (κ3) is 8.96. The molecule has 0 aromatic rings. The number of esters is 1. The Morgan fingerprint density at radius 1 is 1.47 bits per heavy atom. The maximum atomic E-state index is 10.8. The topological polar surface area (TPSA) is 86.7 Å². The number of aliphatic hydroxyl groups excluding tert-OH is 1. The zero-order valence-electron chi connectivity index (χ0n) is 8.64. The van der Waals surface area contributed by atoms with E-state index in [1.54, 1.807) is 0 Å². The maximum Gasteiger partial charge on any atom is 0.330 e. The van der Waals surface area contributed by atoms with E-state index in [2.05, 4.69) is 4.74 Å². The Labute approximate surface area is 88.4 Å². The van der Waals surface area contributed by atoms with Crippen LogP contribution in [0.2, 0.25) is 0 Å². The maximum absolute atomic E-state index is 10.8. The highest BCUT2D eigenvalue weighted by Gasteiger charge is 2.05. The smallest absolute Gasteiger partial charge is 0.330 e. The summed E-state index contributed by atoms with van der Waals surface area (Å²) >= 11 is 0. The minimum absolute atomic E-state index is 0.115. The molecule has 0 spiro atoms. The molecule has 0 aliphatic carbocycles. The van der Waals surface area contributed by atoms with E-state index in [-0.39, 0.29) is 6.61 Å². The first-order valence-corrected chi connectivity index (χ1v) is 4.80. The van der Waals surface area contributed by atoms with Crippen LogP contribution in [-0.4, -0.2) is 29.8 Å². The van der Waals surface area contributed by atoms with Crippen LogP contribution >= 0.6 is 0 Å². The Kier molecular flexibility index (Phi) is 7.27. The first kappa shape index (κ1) is 13.6. The highest BCUT2D eigenvalue weighted by Crippen LogP contribution is 2.00. The van der Waals surface area contributed by atoms with Crippen LogP contribution in [0.4, 0.5) is 0 Å². The highest BCUT2D eigenvalue weighted by atomic mass is 16.5. The van der Waals surface area contributed by atoms with Gasteiger partial charge in [-0.2, -0.15) is 0 Å². The van der Waals surface area contributed by atoms with Gasteiger partial charge < -0.3 is 19.7 Å². The van der Waals surface area contributed by atoms with Gasteiger partial charge in [-0.1, -0.05) is 19.8 Å². The summed E-state index contributed by atoms with van der Waals surface area (Å²) in [6.07, 6.45) is 3.02. The monoisotopic (exact) mass is 215 g/mol. The number of aliphatic hydroxyl groups is 1. The predicted octanol–water partition coefficient (Wildman–Crippen LogP) is -0.613. The van der Waals surface area contributed by atoms with Crippen LogP contribution in [-0.2, 0) is 14.3 Å². The molecule has 0 saturated carbocycles. The number of carbonyl (C=O) groups excluding carboxylic acids is 2. The molecule has 0 aliphatic heterocycles. The van der Waals surface area contributed by atoms with Crippen molar-refractivity contribution < 1.29 is 24.5 Å². The van der Waals surface area contributed by atoms with E-state index >= 15 is 0 Å². The molecule has 1 atom stereocenters. The minimum atomic E-state index is -1.46. The first-order valence-electron chi connectivity index (χ1n) is 4.80. The number of hydrogen-bond acceptors (Lipinski definition) is 5. The van der Waals surface area contributed by atoms with E-state index in [4.69, 9.17) is 0 Å². The highest BCUT2D eigenvalue weighted by molar-refractivity contribution is 5.89. The number of rotatable bonds is 7. The van der Waals surface area contributed by atoms with Crippen LogP contribution in [0.15, 0.2) is 12.2 Å². The van der Waals surface area contributed by atoms with E-state index < -0.39 is 18.0 Å². The Hall–Kier alpha value is -1.36. The fourth-order valence-corrected chi connectivity index (χ4v) is 0.886. The molecule has 0 aliphatic rings. The fourth-order valence-electron chi connectivity index (χ4n) is 0.886. The molecule has 15 heavy (non-hydrogen) atoms. The zero-order valence-corrected chi connectivity index (χ0v) is 8.64. The molecule has 0 amide bonds. The second-order valence-corrected chi connectivity index (χ2v) is 3.08. The van der Waals surface area contributed by atoms with Gasteiger partial charge in [0.15, 0.2) is 0 Å². The molecule has 0 aromatic carbocycles. The Balaban J connectivity index is 3.66. The number of hydrogen-bond donors (Lipinski definition) is 1. The van der Waals surface area contributed by atoms with Gasteiger partial charge in [-0.15, -0.1) is 0 Å². The van der Waals surface area contributed by atoms with Gasteiger partial charge >= 0.3 is 5.97 Å². The van der Waals surface area contributed by atoms with Gasteiger partial charge in [0, 0.05) is 6.08 Å². The molecule has 1 unspecified atom stereocenters. The normalized spacial score (nSPS) is 12.7. The number of carboxylic acid groups (broad SMARTS) is 1. The van der Waals surface area contributed by atoms with Gasteiger partial charge in [0.1, 0.15) is 6.61 Å². The SMILES string of the molecule is CCCCC(O)COC(=O)/C=C/C(=O)[O-]. The number of carbonyl (C=O) groups is 2. The van der Waals surface area contributed by atoms with Gasteiger partial charge in [-0.25, -0.2) is 4.79 Å². The van der Waals surface area contributed by atoms with Crippen LogP contribution < -0.4 is 5.11 Å². The molecule has 5 heteroatoms. The van der Waals surface area contributed by atoms with Gasteiger partial charge in [0.05, 0.1) is 12.1 Å². The summed E-state index contributed by atoms with van der Waals surface area (Å²) in [4.78, 5) is 20.7. The largest absolute Gasteiger partial charge is 0.545 e. The summed E-state index contributed by atoms with van der Waals surface area (Å²) in [5, 5.41) is 19.2. The zero-order chi connectivity index (χ0) is 11.7. The second-order valence-electron chi connectivity index (χ2n) is 3.08. The third-order valence-corrected chi connectivity index (χ3v) is 1.66. The summed E-state index contributed by atoms with van der Waals surface area (Å²) in [5.41, 5.74) is 0. The Bertz CT molecular complexity index is 234. The summed E-state index contributed by atoms with van der Waals surface area (Å²) in [6, 6.07) is 0. The molecule has 0 rings (SSSR count). The van der Waals surface area contributed by atoms with Crippen molar-refractivity contribution in [2.45, 2.75) is 32.3 Å². The first-order chi connectivity index (χ1) is 7.06. The lowest BCUT2D eigenvalue weighted by Gasteiger charge is -2.09. The van der Waals surface area contributed by atoms with Crippen molar-refractivity contribution in [1.29, 1.82) is 0 Å². The van der Waals surface area contributed by atoms with Crippen molar-refractivity contribution in [3.8, 4) is 0 Å². The van der Waals surface area contributed by atoms with Crippen molar-refractivity contribution in [3.05, 3.63) is 12.2 Å². The van der Waals surface area contributed by atoms with Crippen LogP contribution in [0.25, 0.3) is 0 Å². The summed E-state index contributed by atoms with van der Waals surface area (Å²) in [6.45, 7) is 1.87. The molecule has 0 bridgehead atoms. The number of ether oxygens (including phenoxy) is 1. The lowest BCUT2D eigenvalue weighted by molar-refractivity contribution is -0.297. The number of carboxylic acids is 1. The lowest BCUT2D eigenvalue weighted by atomic mass is 10.2. The van der Waals surface area contributed by atoms with Gasteiger partial charge in [-0.3, -0.25) is 0 Å². The van der Waals surface area contributed by atoms with Crippen LogP contribution in [0.1, 0.15) is 26.2 Å². The summed E-state index contributed by atoms with van der Waals surface area (Å²) in [5.74, 6) is -2.26. The molecule has 0 radical (unpaired) electrons. The molecule has 86 valence electrons. The molecular formula is C10H15O5-. The van der Waals surface area contributed by atoms with E-state index in [1.807, 2.05) is 6.92 Å². The van der Waals surface area contributed by atoms with E-state index in [1.165, 1.54) is 0 Å². The van der Waals surface area contributed by atoms with E-state index in [0.717, 1.165) is 18.9 Å². The Morgan fingerprint density at radius 2 is 2.13 bits per heavy atom. The van der Waals surface area contributed by atoms with E-state index in [0.29, 0.717) is 12.5 Å². The van der Waals surface area contributed by atoms with Gasteiger partial charge in [0.2, 0.25) is 0 Å². The van der Waals surface area contributed by atoms with Gasteiger partial charge in [-0.05, 0) is 12.5 Å². The quantitative estimate of drug-likeness (QED) is 0.452. The Morgan fingerprint density at radius 3 is 2.67 bits per heavy atom. The molecule has 0 aromatic heterocycles. The van der Waals surface area contributed by atoms with E-state index in [9.17, 15) is 19.8 Å². The van der Waals surface area contributed by atoms with Crippen LogP contribution in [0, 0.1) is 0 Å². The molecule has 0 saturated heterocycles. The standard InChI is InChI=1S/C10H16O5/c1-2-3-4-8(11)7-15-10(14)6-5-9(12)13/h5-6,8,11H,2-4,7H2,1H3,(H,12,13)/p-1/b6-5+. The van der Waals surface area contributed by atoms with Crippen LogP contribution in [0.5, 0.6) is 0 Å². The van der Waals surface area contributed by atoms with Crippen molar-refractivity contribution in [1.82, 2.24) is 0 Å². The van der Waals surface area contributed by atoms with Crippen molar-refractivity contribution in [3.63, 3.8) is 0 Å². The third-order valence-electron chi connectivity index (χ3n) is 1.66. The average Bonchev–Trinajstić information content (AvgIpc) is 2.20. The summed E-state index contributed by atoms with van der Waals surface area (Å²) < 4.78 is 4.58. The van der Waals surface area contributed by atoms with Gasteiger partial charge in [0.25, 0.3) is 0 Å². The summed E-state index contributed by atoms with van der Waals surface area (Å²) in [7, 11) is 0. The molecule has 1 N–H and O–H groups in total. The molecule has 0 heterocycles. The molecular weight excluding hydrogens is 200 g/mol. The molecule has 0 fully saturated rings. The van der Waals surface area contributed by atoms with Crippen LogP contribution in [0.3, 0.4) is 0 Å². The minimum Gasteiger partial charge on any atom is -0.545 e. The fraction of sp³-hybridized carbons (Fsp3) is 0.600. The second kappa shape index (κ2) is 7.99. The predicted molar refractivity (Wildman–Crippen MR) is 50.6 cm³/mol. The number of unbranched alkanes of at least 4 members (excludes halogenated alkanes) is 1. The number of aliphatic carboxylic acids is 1. The van der Waals surface area contributed by atoms with Crippen molar-refractivity contribution in [2.75, 3.05) is 6.61 Å². The van der Waals surface area contributed by atoms with Crippen molar-refractivity contribution >= 4 is 11.9 Å².